The third kappa shape index (κ3) is 4.21. The van der Waals surface area contributed by atoms with Crippen LogP contribution in [0.15, 0.2) is 29.1 Å². The Balaban J connectivity index is 1.53. The van der Waals surface area contributed by atoms with Gasteiger partial charge in [-0.15, -0.1) is 0 Å². The highest BCUT2D eigenvalue weighted by atomic mass is 16.5. The molecule has 0 atom stereocenters. The number of benzene rings is 1. The number of aromatic amines is 1. The molecule has 2 aromatic rings. The molecule has 0 saturated carbocycles. The number of rotatable bonds is 3. The number of methoxy groups -OCH3 is 1. The minimum Gasteiger partial charge on any atom is -0.506 e. The summed E-state index contributed by atoms with van der Waals surface area (Å²) in [6, 6.07) is 7.44. The van der Waals surface area contributed by atoms with E-state index in [2.05, 4.69) is 15.2 Å². The number of fused-ring (bicyclic) bond motifs is 1. The first-order valence-electron chi connectivity index (χ1n) is 10.4. The van der Waals surface area contributed by atoms with E-state index < -0.39 is 23.3 Å². The molecule has 3 heterocycles. The molecule has 9 heteroatoms. The number of nitrogens with one attached hydrogen (secondary N) is 2. The largest absolute Gasteiger partial charge is 0.506 e. The van der Waals surface area contributed by atoms with E-state index in [1.54, 1.807) is 12.1 Å². The molecule has 2 aliphatic heterocycles. The zero-order chi connectivity index (χ0) is 22.0. The molecule has 1 fully saturated rings. The minimum absolute atomic E-state index is 0.0510. The maximum Gasteiger partial charge on any atom is 0.409 e. The predicted molar refractivity (Wildman–Crippen MR) is 116 cm³/mol. The lowest BCUT2D eigenvalue weighted by molar-refractivity contribution is 0.102. The molecule has 9 nitrogen and oxygen atoms in total. The smallest absolute Gasteiger partial charge is 0.409 e. The molecule has 2 amide bonds. The second-order valence-corrected chi connectivity index (χ2v) is 7.83. The molecule has 0 aliphatic carbocycles. The number of hydrogen-bond donors (Lipinski definition) is 3. The molecule has 0 unspecified atom stereocenters. The summed E-state index contributed by atoms with van der Waals surface area (Å²) in [6.07, 6.45) is 3.42. The Morgan fingerprint density at radius 1 is 1.10 bits per heavy atom. The fourth-order valence-electron chi connectivity index (χ4n) is 4.17. The highest BCUT2D eigenvalue weighted by molar-refractivity contribution is 6.06. The lowest BCUT2D eigenvalue weighted by atomic mass is 10.0. The summed E-state index contributed by atoms with van der Waals surface area (Å²) in [5.74, 6) is -1.11. The normalized spacial score (nSPS) is 15.9. The Hall–Kier alpha value is -3.49. The molecule has 31 heavy (non-hydrogen) atoms. The van der Waals surface area contributed by atoms with Crippen molar-refractivity contribution in [3.05, 3.63) is 51.4 Å². The van der Waals surface area contributed by atoms with Crippen molar-refractivity contribution in [3.63, 3.8) is 0 Å². The van der Waals surface area contributed by atoms with Crippen molar-refractivity contribution >= 4 is 23.4 Å². The van der Waals surface area contributed by atoms with Crippen LogP contribution in [0.4, 0.5) is 16.2 Å². The SMILES string of the molecule is COC(=O)N1CCc2[nH]c(=O)c(C(=O)Nc3ccc(N4CCCCC4)cc3)c(O)c2C1. The summed E-state index contributed by atoms with van der Waals surface area (Å²) < 4.78 is 4.73. The van der Waals surface area contributed by atoms with E-state index in [0.29, 0.717) is 29.9 Å². The van der Waals surface area contributed by atoms with Gasteiger partial charge in [-0.25, -0.2) is 4.79 Å². The Morgan fingerprint density at radius 2 is 1.81 bits per heavy atom. The number of carbonyl (C=O) groups is 2. The molecule has 3 N–H and O–H groups in total. The van der Waals surface area contributed by atoms with Gasteiger partial charge in [0.05, 0.1) is 13.7 Å². The highest BCUT2D eigenvalue weighted by Crippen LogP contribution is 2.28. The van der Waals surface area contributed by atoms with Crippen molar-refractivity contribution in [2.75, 3.05) is 37.0 Å². The average molecular weight is 426 g/mol. The molecule has 2 aliphatic rings. The van der Waals surface area contributed by atoms with Crippen LogP contribution in [-0.4, -0.2) is 53.7 Å². The molecule has 1 aromatic heterocycles. The van der Waals surface area contributed by atoms with Crippen molar-refractivity contribution in [2.24, 2.45) is 0 Å². The van der Waals surface area contributed by atoms with Crippen molar-refractivity contribution in [1.82, 2.24) is 9.88 Å². The molecule has 164 valence electrons. The van der Waals surface area contributed by atoms with E-state index in [0.717, 1.165) is 18.8 Å². The zero-order valence-electron chi connectivity index (χ0n) is 17.4. The molecule has 0 bridgehead atoms. The van der Waals surface area contributed by atoms with E-state index >= 15 is 0 Å². The van der Waals surface area contributed by atoms with Gasteiger partial charge in [0, 0.05) is 48.7 Å². The van der Waals surface area contributed by atoms with Crippen LogP contribution < -0.4 is 15.8 Å². The molecule has 4 rings (SSSR count). The van der Waals surface area contributed by atoms with Crippen LogP contribution in [0.5, 0.6) is 5.75 Å². The predicted octanol–water partition coefficient (Wildman–Crippen LogP) is 2.45. The molecule has 0 spiro atoms. The van der Waals surface area contributed by atoms with Crippen LogP contribution in [0.2, 0.25) is 0 Å². The number of aromatic hydroxyl groups is 1. The second-order valence-electron chi connectivity index (χ2n) is 7.83. The first kappa shape index (κ1) is 20.8. The first-order valence-corrected chi connectivity index (χ1v) is 10.4. The quantitative estimate of drug-likeness (QED) is 0.695. The summed E-state index contributed by atoms with van der Waals surface area (Å²) in [7, 11) is 1.28. The van der Waals surface area contributed by atoms with Crippen molar-refractivity contribution < 1.29 is 19.4 Å². The van der Waals surface area contributed by atoms with Crippen LogP contribution >= 0.6 is 0 Å². The van der Waals surface area contributed by atoms with Gasteiger partial charge in [-0.05, 0) is 43.5 Å². The molecular formula is C22H26N4O5. The van der Waals surface area contributed by atoms with E-state index in [1.165, 1.54) is 31.3 Å². The summed E-state index contributed by atoms with van der Waals surface area (Å²) in [5.41, 5.74) is 1.45. The van der Waals surface area contributed by atoms with Crippen LogP contribution in [0.25, 0.3) is 0 Å². The number of carbonyl (C=O) groups excluding carboxylic acids is 2. The van der Waals surface area contributed by atoms with Gasteiger partial charge in [-0.1, -0.05) is 0 Å². The van der Waals surface area contributed by atoms with Gasteiger partial charge < -0.3 is 29.9 Å². The second kappa shape index (κ2) is 8.71. The highest BCUT2D eigenvalue weighted by Gasteiger charge is 2.29. The van der Waals surface area contributed by atoms with Gasteiger partial charge in [0.15, 0.2) is 0 Å². The Morgan fingerprint density at radius 3 is 2.48 bits per heavy atom. The van der Waals surface area contributed by atoms with E-state index in [4.69, 9.17) is 4.74 Å². The molecule has 1 saturated heterocycles. The van der Waals surface area contributed by atoms with Crippen molar-refractivity contribution in [2.45, 2.75) is 32.2 Å². The topological polar surface area (TPSA) is 115 Å². The maximum atomic E-state index is 12.8. The van der Waals surface area contributed by atoms with E-state index in [9.17, 15) is 19.5 Å². The third-order valence-electron chi connectivity index (χ3n) is 5.87. The van der Waals surface area contributed by atoms with E-state index in [1.807, 2.05) is 12.1 Å². The van der Waals surface area contributed by atoms with Crippen molar-refractivity contribution in [3.8, 4) is 5.75 Å². The van der Waals surface area contributed by atoms with Crippen LogP contribution in [-0.2, 0) is 17.7 Å². The van der Waals surface area contributed by atoms with Gasteiger partial charge in [0.1, 0.15) is 11.3 Å². The van der Waals surface area contributed by atoms with Gasteiger partial charge in [0.2, 0.25) is 0 Å². The standard InChI is InChI=1S/C22H26N4O5/c1-31-22(30)26-12-9-17-16(13-26)19(27)18(21(29)24-17)20(28)23-14-5-7-15(8-6-14)25-10-3-2-4-11-25/h5-8H,2-4,9-13H2,1H3,(H,23,28)(H2,24,27,29). The van der Waals surface area contributed by atoms with Gasteiger partial charge in [-0.2, -0.15) is 0 Å². The summed E-state index contributed by atoms with van der Waals surface area (Å²) in [5, 5.41) is 13.4. The Bertz CT molecular complexity index is 1040. The number of amides is 2. The minimum atomic E-state index is -0.706. The van der Waals surface area contributed by atoms with Gasteiger partial charge in [-0.3, -0.25) is 9.59 Å². The number of H-pyrrole nitrogens is 1. The monoisotopic (exact) mass is 426 g/mol. The Labute approximate surface area is 179 Å². The van der Waals surface area contributed by atoms with Crippen LogP contribution in [0.1, 0.15) is 40.9 Å². The number of anilines is 2. The number of piperidine rings is 1. The number of pyridine rings is 1. The molecule has 1 aromatic carbocycles. The number of aromatic nitrogens is 1. The van der Waals surface area contributed by atoms with Crippen LogP contribution in [0, 0.1) is 0 Å². The number of ether oxygens (including phenoxy) is 1. The average Bonchev–Trinajstić information content (AvgIpc) is 2.79. The lowest BCUT2D eigenvalue weighted by Gasteiger charge is -2.29. The van der Waals surface area contributed by atoms with Crippen molar-refractivity contribution in [1.29, 1.82) is 0 Å². The van der Waals surface area contributed by atoms with Crippen LogP contribution in [0.3, 0.4) is 0 Å². The summed E-state index contributed by atoms with van der Waals surface area (Å²) >= 11 is 0. The summed E-state index contributed by atoms with van der Waals surface area (Å²) in [6.45, 7) is 2.44. The third-order valence-corrected chi connectivity index (χ3v) is 5.87. The summed E-state index contributed by atoms with van der Waals surface area (Å²) in [4.78, 5) is 43.5. The number of hydrogen-bond acceptors (Lipinski definition) is 6. The fourth-order valence-corrected chi connectivity index (χ4v) is 4.17. The van der Waals surface area contributed by atoms with E-state index in [-0.39, 0.29) is 12.1 Å². The zero-order valence-corrected chi connectivity index (χ0v) is 17.4. The molecule has 0 radical (unpaired) electrons. The maximum absolute atomic E-state index is 12.8. The van der Waals surface area contributed by atoms with Gasteiger partial charge in [0.25, 0.3) is 11.5 Å². The fraction of sp³-hybridized carbons (Fsp3) is 0.409. The Kier molecular flexibility index (Phi) is 5.83. The molecular weight excluding hydrogens is 400 g/mol. The number of nitrogens with zero attached hydrogens (tertiary/aromatic N) is 2. The first-order chi connectivity index (χ1) is 15.0. The lowest BCUT2D eigenvalue weighted by Crippen LogP contribution is -2.38. The van der Waals surface area contributed by atoms with Gasteiger partial charge >= 0.3 is 6.09 Å².